The molecule has 0 saturated heterocycles. The standard InChI is InChI=1S/C12H17ClN2O2/c1-9-8-10(5-6-11(9)13)17-7-3-4-12(16)15(2)14/h5-6,8H,3-4,7,14H2,1-2H3. The van der Waals surface area contributed by atoms with E-state index in [0.29, 0.717) is 19.4 Å². The van der Waals surface area contributed by atoms with Gasteiger partial charge in [-0.1, -0.05) is 11.6 Å². The maximum absolute atomic E-state index is 11.2. The van der Waals surface area contributed by atoms with Crippen LogP contribution in [-0.4, -0.2) is 24.6 Å². The van der Waals surface area contributed by atoms with Crippen molar-refractivity contribution in [3.8, 4) is 5.75 Å². The topological polar surface area (TPSA) is 55.6 Å². The highest BCUT2D eigenvalue weighted by atomic mass is 35.5. The third-order valence-corrected chi connectivity index (χ3v) is 2.75. The van der Waals surface area contributed by atoms with Crippen LogP contribution < -0.4 is 10.6 Å². The molecule has 0 bridgehead atoms. The van der Waals surface area contributed by atoms with Crippen LogP contribution in [0.5, 0.6) is 5.75 Å². The number of nitrogens with zero attached hydrogens (tertiary/aromatic N) is 1. The van der Waals surface area contributed by atoms with Gasteiger partial charge < -0.3 is 4.74 Å². The molecule has 2 N–H and O–H groups in total. The average molecular weight is 257 g/mol. The first-order valence-electron chi connectivity index (χ1n) is 5.41. The Morgan fingerprint density at radius 2 is 2.24 bits per heavy atom. The minimum Gasteiger partial charge on any atom is -0.494 e. The Morgan fingerprint density at radius 1 is 1.53 bits per heavy atom. The summed E-state index contributed by atoms with van der Waals surface area (Å²) in [5.41, 5.74) is 0.974. The van der Waals surface area contributed by atoms with Gasteiger partial charge in [-0.3, -0.25) is 9.80 Å². The molecular weight excluding hydrogens is 240 g/mol. The van der Waals surface area contributed by atoms with Crippen LogP contribution in [0.1, 0.15) is 18.4 Å². The fourth-order valence-corrected chi connectivity index (χ4v) is 1.41. The van der Waals surface area contributed by atoms with E-state index in [2.05, 4.69) is 0 Å². The predicted molar refractivity (Wildman–Crippen MR) is 67.9 cm³/mol. The second kappa shape index (κ2) is 6.47. The van der Waals surface area contributed by atoms with Crippen molar-refractivity contribution in [1.82, 2.24) is 5.01 Å². The van der Waals surface area contributed by atoms with Crippen molar-refractivity contribution in [2.24, 2.45) is 5.84 Å². The molecule has 0 atom stereocenters. The van der Waals surface area contributed by atoms with Gasteiger partial charge in [-0.15, -0.1) is 0 Å². The van der Waals surface area contributed by atoms with E-state index >= 15 is 0 Å². The van der Waals surface area contributed by atoms with E-state index in [1.807, 2.05) is 19.1 Å². The summed E-state index contributed by atoms with van der Waals surface area (Å²) in [5, 5.41) is 1.81. The summed E-state index contributed by atoms with van der Waals surface area (Å²) in [5.74, 6) is 5.96. The molecule has 0 spiro atoms. The number of hydrogen-bond acceptors (Lipinski definition) is 3. The first-order chi connectivity index (χ1) is 8.00. The lowest BCUT2D eigenvalue weighted by molar-refractivity contribution is -0.130. The Morgan fingerprint density at radius 3 is 2.82 bits per heavy atom. The van der Waals surface area contributed by atoms with Crippen LogP contribution in [0.3, 0.4) is 0 Å². The minimum atomic E-state index is -0.0964. The molecule has 1 aromatic rings. The molecule has 1 amide bonds. The van der Waals surface area contributed by atoms with E-state index in [-0.39, 0.29) is 5.91 Å². The van der Waals surface area contributed by atoms with Crippen LogP contribution in [0.2, 0.25) is 5.02 Å². The highest BCUT2D eigenvalue weighted by molar-refractivity contribution is 6.31. The Bertz CT molecular complexity index is 394. The number of carbonyl (C=O) groups is 1. The summed E-state index contributed by atoms with van der Waals surface area (Å²) < 4.78 is 5.50. The molecular formula is C12H17ClN2O2. The SMILES string of the molecule is Cc1cc(OCCCC(=O)N(C)N)ccc1Cl. The lowest BCUT2D eigenvalue weighted by Crippen LogP contribution is -2.33. The zero-order valence-corrected chi connectivity index (χ0v) is 10.8. The zero-order valence-electron chi connectivity index (χ0n) is 10.1. The van der Waals surface area contributed by atoms with Crippen molar-refractivity contribution in [2.45, 2.75) is 19.8 Å². The molecule has 1 aromatic carbocycles. The molecule has 0 saturated carbocycles. The fourth-order valence-electron chi connectivity index (χ4n) is 1.30. The molecule has 17 heavy (non-hydrogen) atoms. The number of nitrogens with two attached hydrogens (primary N) is 1. The number of carbonyl (C=O) groups excluding carboxylic acids is 1. The number of hydrazine groups is 1. The number of halogens is 1. The van der Waals surface area contributed by atoms with Crippen molar-refractivity contribution < 1.29 is 9.53 Å². The van der Waals surface area contributed by atoms with Gasteiger partial charge in [0.05, 0.1) is 6.61 Å². The fraction of sp³-hybridized carbons (Fsp3) is 0.417. The Hall–Kier alpha value is -1.26. The molecule has 0 aliphatic heterocycles. The summed E-state index contributed by atoms with van der Waals surface area (Å²) in [6.45, 7) is 2.41. The van der Waals surface area contributed by atoms with Gasteiger partial charge in [0.25, 0.3) is 0 Å². The predicted octanol–water partition coefficient (Wildman–Crippen LogP) is 2.14. The Labute approximate surface area is 106 Å². The van der Waals surface area contributed by atoms with Crippen LogP contribution in [0.15, 0.2) is 18.2 Å². The van der Waals surface area contributed by atoms with E-state index in [0.717, 1.165) is 21.3 Å². The normalized spacial score (nSPS) is 10.1. The van der Waals surface area contributed by atoms with Gasteiger partial charge in [0.1, 0.15) is 5.75 Å². The third kappa shape index (κ3) is 4.63. The maximum atomic E-state index is 11.2. The van der Waals surface area contributed by atoms with Crippen LogP contribution in [-0.2, 0) is 4.79 Å². The molecule has 94 valence electrons. The van der Waals surface area contributed by atoms with Crippen LogP contribution in [0.4, 0.5) is 0 Å². The van der Waals surface area contributed by atoms with Crippen LogP contribution in [0.25, 0.3) is 0 Å². The summed E-state index contributed by atoms with van der Waals surface area (Å²) in [6.07, 6.45) is 1.03. The van der Waals surface area contributed by atoms with E-state index < -0.39 is 0 Å². The Balaban J connectivity index is 2.31. The van der Waals surface area contributed by atoms with E-state index in [9.17, 15) is 4.79 Å². The first-order valence-corrected chi connectivity index (χ1v) is 5.78. The number of benzene rings is 1. The van der Waals surface area contributed by atoms with Gasteiger partial charge in [0, 0.05) is 18.5 Å². The summed E-state index contributed by atoms with van der Waals surface area (Å²) in [6, 6.07) is 5.48. The summed E-state index contributed by atoms with van der Waals surface area (Å²) >= 11 is 5.90. The lowest BCUT2D eigenvalue weighted by Gasteiger charge is -2.10. The molecule has 0 heterocycles. The quantitative estimate of drug-likeness (QED) is 0.380. The van der Waals surface area contributed by atoms with Crippen molar-refractivity contribution in [3.05, 3.63) is 28.8 Å². The number of amides is 1. The number of rotatable bonds is 5. The van der Waals surface area contributed by atoms with E-state index in [1.54, 1.807) is 6.07 Å². The third-order valence-electron chi connectivity index (χ3n) is 2.33. The monoisotopic (exact) mass is 256 g/mol. The van der Waals surface area contributed by atoms with Gasteiger partial charge in [-0.05, 0) is 37.1 Å². The van der Waals surface area contributed by atoms with Gasteiger partial charge in [0.2, 0.25) is 5.91 Å². The van der Waals surface area contributed by atoms with E-state index in [1.165, 1.54) is 7.05 Å². The molecule has 0 radical (unpaired) electrons. The van der Waals surface area contributed by atoms with Crippen molar-refractivity contribution in [2.75, 3.05) is 13.7 Å². The van der Waals surface area contributed by atoms with Gasteiger partial charge in [-0.2, -0.15) is 0 Å². The minimum absolute atomic E-state index is 0.0964. The second-order valence-corrected chi connectivity index (χ2v) is 4.27. The zero-order chi connectivity index (χ0) is 12.8. The van der Waals surface area contributed by atoms with Crippen molar-refractivity contribution in [1.29, 1.82) is 0 Å². The van der Waals surface area contributed by atoms with Crippen LogP contribution >= 0.6 is 11.6 Å². The van der Waals surface area contributed by atoms with Gasteiger partial charge in [0.15, 0.2) is 0 Å². The molecule has 0 aromatic heterocycles. The maximum Gasteiger partial charge on any atom is 0.236 e. The molecule has 5 heteroatoms. The smallest absolute Gasteiger partial charge is 0.236 e. The largest absolute Gasteiger partial charge is 0.494 e. The molecule has 0 aliphatic carbocycles. The highest BCUT2D eigenvalue weighted by Gasteiger charge is 2.04. The number of hydrogen-bond donors (Lipinski definition) is 1. The van der Waals surface area contributed by atoms with Gasteiger partial charge in [-0.25, -0.2) is 5.84 Å². The summed E-state index contributed by atoms with van der Waals surface area (Å²) in [4.78, 5) is 11.2. The number of ether oxygens (including phenoxy) is 1. The lowest BCUT2D eigenvalue weighted by atomic mass is 10.2. The molecule has 0 aliphatic rings. The molecule has 1 rings (SSSR count). The summed E-state index contributed by atoms with van der Waals surface area (Å²) in [7, 11) is 1.53. The van der Waals surface area contributed by atoms with Gasteiger partial charge >= 0.3 is 0 Å². The highest BCUT2D eigenvalue weighted by Crippen LogP contribution is 2.21. The molecule has 0 unspecified atom stereocenters. The number of aryl methyl sites for hydroxylation is 1. The van der Waals surface area contributed by atoms with Crippen LogP contribution in [0, 0.1) is 6.92 Å². The van der Waals surface area contributed by atoms with Crippen molar-refractivity contribution >= 4 is 17.5 Å². The van der Waals surface area contributed by atoms with Crippen molar-refractivity contribution in [3.63, 3.8) is 0 Å². The molecule has 4 nitrogen and oxygen atoms in total. The second-order valence-electron chi connectivity index (χ2n) is 3.87. The first kappa shape index (κ1) is 13.8. The Kier molecular flexibility index (Phi) is 5.25. The average Bonchev–Trinajstić information content (AvgIpc) is 2.28. The van der Waals surface area contributed by atoms with E-state index in [4.69, 9.17) is 22.2 Å². The molecule has 0 fully saturated rings.